The second-order valence-electron chi connectivity index (χ2n) is 8.77. The molecule has 0 aliphatic carbocycles. The molecule has 0 atom stereocenters. The lowest BCUT2D eigenvalue weighted by Crippen LogP contribution is -2.27. The molecular weight excluding hydrogens is 496 g/mol. The molecule has 1 amide bonds. The lowest BCUT2D eigenvalue weighted by Gasteiger charge is -2.16. The number of benzene rings is 2. The minimum Gasteiger partial charge on any atom is -0.378 e. The van der Waals surface area contributed by atoms with E-state index < -0.39 is 0 Å². The van der Waals surface area contributed by atoms with E-state index in [1.54, 1.807) is 12.1 Å². The average molecular weight is 537 g/mol. The SMILES string of the molecule is CCC(CC)Nc1nc(NCc2ccccc2)nc(Nc2ccc(C(=O)NCCOCCOCCN)cc2)n1. The Morgan fingerprint density at radius 2 is 1.51 bits per heavy atom. The van der Waals surface area contributed by atoms with E-state index in [9.17, 15) is 4.79 Å². The van der Waals surface area contributed by atoms with Crippen LogP contribution in [0.5, 0.6) is 0 Å². The second-order valence-corrected chi connectivity index (χ2v) is 8.77. The number of nitrogens with zero attached hydrogens (tertiary/aromatic N) is 3. The van der Waals surface area contributed by atoms with Crippen molar-refractivity contribution < 1.29 is 14.3 Å². The number of nitrogens with one attached hydrogen (secondary N) is 4. The van der Waals surface area contributed by atoms with Crippen molar-refractivity contribution in [1.82, 2.24) is 20.3 Å². The van der Waals surface area contributed by atoms with Crippen molar-refractivity contribution in [3.8, 4) is 0 Å². The molecule has 0 bridgehead atoms. The predicted molar refractivity (Wildman–Crippen MR) is 154 cm³/mol. The van der Waals surface area contributed by atoms with Crippen molar-refractivity contribution in [2.45, 2.75) is 39.3 Å². The Hall–Kier alpha value is -3.80. The van der Waals surface area contributed by atoms with Gasteiger partial charge in [0.1, 0.15) is 0 Å². The summed E-state index contributed by atoms with van der Waals surface area (Å²) in [5.41, 5.74) is 7.78. The van der Waals surface area contributed by atoms with Gasteiger partial charge in [-0.15, -0.1) is 0 Å². The van der Waals surface area contributed by atoms with Crippen LogP contribution >= 0.6 is 0 Å². The van der Waals surface area contributed by atoms with E-state index in [1.165, 1.54) is 0 Å². The molecule has 11 nitrogen and oxygen atoms in total. The maximum absolute atomic E-state index is 12.5. The minimum atomic E-state index is -0.172. The van der Waals surface area contributed by atoms with Crippen LogP contribution in [0.4, 0.5) is 23.5 Å². The first-order valence-corrected chi connectivity index (χ1v) is 13.4. The van der Waals surface area contributed by atoms with Gasteiger partial charge in [-0.3, -0.25) is 4.79 Å². The number of carbonyl (C=O) groups excluding carboxylic acids is 1. The molecule has 1 heterocycles. The monoisotopic (exact) mass is 536 g/mol. The van der Waals surface area contributed by atoms with Gasteiger partial charge in [-0.25, -0.2) is 0 Å². The molecule has 6 N–H and O–H groups in total. The fourth-order valence-corrected chi connectivity index (χ4v) is 3.61. The maximum Gasteiger partial charge on any atom is 0.251 e. The smallest absolute Gasteiger partial charge is 0.251 e. The van der Waals surface area contributed by atoms with Crippen molar-refractivity contribution in [3.05, 3.63) is 65.7 Å². The molecule has 0 aliphatic heterocycles. The molecule has 39 heavy (non-hydrogen) atoms. The first-order chi connectivity index (χ1) is 19.1. The summed E-state index contributed by atoms with van der Waals surface area (Å²) in [6.07, 6.45) is 1.91. The van der Waals surface area contributed by atoms with Crippen molar-refractivity contribution in [1.29, 1.82) is 0 Å². The van der Waals surface area contributed by atoms with Crippen LogP contribution in [-0.2, 0) is 16.0 Å². The number of nitrogens with two attached hydrogens (primary N) is 1. The van der Waals surface area contributed by atoms with Crippen molar-refractivity contribution in [2.75, 3.05) is 55.5 Å². The van der Waals surface area contributed by atoms with Gasteiger partial charge in [0, 0.05) is 36.9 Å². The first kappa shape index (κ1) is 29.8. The van der Waals surface area contributed by atoms with Gasteiger partial charge in [0.25, 0.3) is 5.91 Å². The van der Waals surface area contributed by atoms with Gasteiger partial charge in [-0.1, -0.05) is 44.2 Å². The third-order valence-corrected chi connectivity index (χ3v) is 5.82. The topological polar surface area (TPSA) is 148 Å². The van der Waals surface area contributed by atoms with Gasteiger partial charge in [-0.05, 0) is 42.7 Å². The number of hydrogen-bond donors (Lipinski definition) is 5. The number of ether oxygens (including phenoxy) is 2. The zero-order valence-corrected chi connectivity index (χ0v) is 22.8. The molecule has 0 spiro atoms. The fraction of sp³-hybridized carbons (Fsp3) is 0.429. The number of hydrogen-bond acceptors (Lipinski definition) is 10. The zero-order chi connectivity index (χ0) is 27.7. The van der Waals surface area contributed by atoms with Crippen molar-refractivity contribution in [3.63, 3.8) is 0 Å². The molecule has 3 aromatic rings. The van der Waals surface area contributed by atoms with Crippen LogP contribution < -0.4 is 27.0 Å². The molecular formula is C28H40N8O3. The average Bonchev–Trinajstić information content (AvgIpc) is 2.97. The lowest BCUT2D eigenvalue weighted by molar-refractivity contribution is 0.0511. The molecule has 1 aromatic heterocycles. The highest BCUT2D eigenvalue weighted by Crippen LogP contribution is 2.18. The molecule has 0 radical (unpaired) electrons. The van der Waals surface area contributed by atoms with Crippen LogP contribution in [-0.4, -0.2) is 66.4 Å². The summed E-state index contributed by atoms with van der Waals surface area (Å²) in [5, 5.41) is 12.7. The van der Waals surface area contributed by atoms with Gasteiger partial charge in [0.2, 0.25) is 17.8 Å². The van der Waals surface area contributed by atoms with Crippen LogP contribution in [0.2, 0.25) is 0 Å². The summed E-state index contributed by atoms with van der Waals surface area (Å²) in [5.74, 6) is 1.20. The zero-order valence-electron chi connectivity index (χ0n) is 22.8. The Morgan fingerprint density at radius 3 is 2.21 bits per heavy atom. The summed E-state index contributed by atoms with van der Waals surface area (Å²) in [7, 11) is 0. The summed E-state index contributed by atoms with van der Waals surface area (Å²) in [4.78, 5) is 26.1. The largest absolute Gasteiger partial charge is 0.378 e. The van der Waals surface area contributed by atoms with E-state index in [0.29, 0.717) is 69.5 Å². The number of carbonyl (C=O) groups is 1. The third kappa shape index (κ3) is 10.8. The Kier molecular flexibility index (Phi) is 12.9. The Labute approximate surface area is 230 Å². The molecule has 0 saturated carbocycles. The third-order valence-electron chi connectivity index (χ3n) is 5.82. The summed E-state index contributed by atoms with van der Waals surface area (Å²) in [6, 6.07) is 17.4. The fourth-order valence-electron chi connectivity index (χ4n) is 3.61. The van der Waals surface area contributed by atoms with E-state index in [-0.39, 0.29) is 11.9 Å². The number of rotatable bonds is 18. The summed E-state index contributed by atoms with van der Waals surface area (Å²) >= 11 is 0. The van der Waals surface area contributed by atoms with Crippen LogP contribution in [0, 0.1) is 0 Å². The van der Waals surface area contributed by atoms with Gasteiger partial charge in [-0.2, -0.15) is 15.0 Å². The van der Waals surface area contributed by atoms with E-state index in [4.69, 9.17) is 15.2 Å². The lowest BCUT2D eigenvalue weighted by atomic mass is 10.2. The van der Waals surface area contributed by atoms with Crippen LogP contribution in [0.1, 0.15) is 42.6 Å². The van der Waals surface area contributed by atoms with Gasteiger partial charge >= 0.3 is 0 Å². The van der Waals surface area contributed by atoms with Crippen LogP contribution in [0.15, 0.2) is 54.6 Å². The van der Waals surface area contributed by atoms with E-state index >= 15 is 0 Å². The normalized spacial score (nSPS) is 10.9. The van der Waals surface area contributed by atoms with E-state index in [0.717, 1.165) is 24.1 Å². The molecule has 0 unspecified atom stereocenters. The summed E-state index contributed by atoms with van der Waals surface area (Å²) < 4.78 is 10.7. The standard InChI is InChI=1S/C28H40N8O3/c1-3-23(4-2)32-27-34-26(31-20-21-8-6-5-7-9-21)35-28(36-27)33-24-12-10-22(11-13-24)25(37)30-15-17-39-19-18-38-16-14-29/h5-13,23H,3-4,14-20,29H2,1-2H3,(H,30,37)(H3,31,32,33,34,35,36). The minimum absolute atomic E-state index is 0.172. The van der Waals surface area contributed by atoms with Gasteiger partial charge in [0.05, 0.1) is 26.4 Å². The number of anilines is 4. The van der Waals surface area contributed by atoms with E-state index in [2.05, 4.69) is 50.1 Å². The van der Waals surface area contributed by atoms with Crippen LogP contribution in [0.25, 0.3) is 0 Å². The molecule has 3 rings (SSSR count). The highest BCUT2D eigenvalue weighted by molar-refractivity contribution is 5.94. The van der Waals surface area contributed by atoms with Gasteiger partial charge in [0.15, 0.2) is 0 Å². The molecule has 210 valence electrons. The molecule has 2 aromatic carbocycles. The summed E-state index contributed by atoms with van der Waals surface area (Å²) in [6.45, 7) is 7.61. The van der Waals surface area contributed by atoms with E-state index in [1.807, 2.05) is 42.5 Å². The predicted octanol–water partition coefficient (Wildman–Crippen LogP) is 3.55. The highest BCUT2D eigenvalue weighted by atomic mass is 16.5. The molecule has 0 aliphatic rings. The van der Waals surface area contributed by atoms with Crippen molar-refractivity contribution >= 4 is 29.4 Å². The number of aromatic nitrogens is 3. The van der Waals surface area contributed by atoms with Crippen LogP contribution in [0.3, 0.4) is 0 Å². The van der Waals surface area contributed by atoms with Gasteiger partial charge < -0.3 is 36.5 Å². The Bertz CT molecular complexity index is 1110. The van der Waals surface area contributed by atoms with Crippen molar-refractivity contribution in [2.24, 2.45) is 5.73 Å². The maximum atomic E-state index is 12.5. The second kappa shape index (κ2) is 16.9. The Balaban J connectivity index is 1.58. The quantitative estimate of drug-likeness (QED) is 0.153. The molecule has 0 saturated heterocycles. The Morgan fingerprint density at radius 1 is 0.846 bits per heavy atom. The highest BCUT2D eigenvalue weighted by Gasteiger charge is 2.11. The number of amides is 1. The molecule has 11 heteroatoms. The first-order valence-electron chi connectivity index (χ1n) is 13.4. The molecule has 0 fully saturated rings.